The maximum absolute atomic E-state index is 6.32. The molecule has 3 aromatic carbocycles. The van der Waals surface area contributed by atoms with Gasteiger partial charge in [-0.2, -0.15) is 0 Å². The molecule has 23 heavy (non-hydrogen) atoms. The minimum atomic E-state index is 0.427. The molecule has 0 atom stereocenters. The van der Waals surface area contributed by atoms with Crippen molar-refractivity contribution in [2.24, 2.45) is 0 Å². The number of hydrogen-bond acceptors (Lipinski definition) is 2. The Morgan fingerprint density at radius 1 is 0.565 bits per heavy atom. The molecule has 4 rings (SSSR count). The quantitative estimate of drug-likeness (QED) is 0.480. The molecule has 0 unspecified atom stereocenters. The van der Waals surface area contributed by atoms with Crippen molar-refractivity contribution < 1.29 is 0 Å². The van der Waals surface area contributed by atoms with Gasteiger partial charge in [0.15, 0.2) is 5.15 Å². The summed E-state index contributed by atoms with van der Waals surface area (Å²) in [6, 6.07) is 26.2. The average molecular weight is 317 g/mol. The van der Waals surface area contributed by atoms with E-state index in [1.807, 2.05) is 60.7 Å². The zero-order valence-corrected chi connectivity index (χ0v) is 13.0. The molecule has 0 fully saturated rings. The molecule has 3 heteroatoms. The van der Waals surface area contributed by atoms with Crippen LogP contribution in [0.3, 0.4) is 0 Å². The Kier molecular flexibility index (Phi) is 3.52. The van der Waals surface area contributed by atoms with Crippen molar-refractivity contribution >= 4 is 22.6 Å². The van der Waals surface area contributed by atoms with Gasteiger partial charge in [0.05, 0.1) is 11.0 Å². The van der Waals surface area contributed by atoms with Gasteiger partial charge in [0.1, 0.15) is 5.69 Å². The molecule has 0 spiro atoms. The highest BCUT2D eigenvalue weighted by atomic mass is 35.5. The lowest BCUT2D eigenvalue weighted by molar-refractivity contribution is 1.29. The number of benzene rings is 3. The second-order valence-corrected chi connectivity index (χ2v) is 5.66. The fourth-order valence-corrected chi connectivity index (χ4v) is 2.87. The second-order valence-electron chi connectivity index (χ2n) is 5.30. The Morgan fingerprint density at radius 2 is 1.22 bits per heavy atom. The van der Waals surface area contributed by atoms with Crippen LogP contribution < -0.4 is 0 Å². The van der Waals surface area contributed by atoms with Gasteiger partial charge in [-0.1, -0.05) is 78.3 Å². The minimum Gasteiger partial charge on any atom is -0.243 e. The van der Waals surface area contributed by atoms with E-state index < -0.39 is 0 Å². The smallest absolute Gasteiger partial charge is 0.156 e. The third-order valence-corrected chi connectivity index (χ3v) is 4.04. The van der Waals surface area contributed by atoms with Gasteiger partial charge in [-0.3, -0.25) is 0 Å². The monoisotopic (exact) mass is 316 g/mol. The van der Waals surface area contributed by atoms with Crippen LogP contribution in [0.15, 0.2) is 78.9 Å². The first-order valence-corrected chi connectivity index (χ1v) is 7.77. The third kappa shape index (κ3) is 2.69. The van der Waals surface area contributed by atoms with E-state index in [0.29, 0.717) is 10.8 Å². The van der Waals surface area contributed by atoms with Crippen LogP contribution in [0, 0.1) is 0 Å². The summed E-state index contributed by atoms with van der Waals surface area (Å²) in [5.74, 6) is 0. The number of hydrogen-bond donors (Lipinski definition) is 0. The van der Waals surface area contributed by atoms with Gasteiger partial charge in [-0.15, -0.1) is 0 Å². The summed E-state index contributed by atoms with van der Waals surface area (Å²) in [6.45, 7) is 0. The molecule has 0 aliphatic carbocycles. The van der Waals surface area contributed by atoms with E-state index in [-0.39, 0.29) is 0 Å². The predicted molar refractivity (Wildman–Crippen MR) is 95.4 cm³/mol. The van der Waals surface area contributed by atoms with E-state index in [1.54, 1.807) is 0 Å². The van der Waals surface area contributed by atoms with E-state index in [2.05, 4.69) is 23.2 Å². The zero-order chi connectivity index (χ0) is 15.6. The van der Waals surface area contributed by atoms with Gasteiger partial charge in [0, 0.05) is 5.56 Å². The fourth-order valence-electron chi connectivity index (χ4n) is 2.62. The summed E-state index contributed by atoms with van der Waals surface area (Å²) in [4.78, 5) is 9.23. The molecule has 0 bridgehead atoms. The molecule has 0 radical (unpaired) electrons. The molecule has 0 N–H and O–H groups in total. The Bertz CT molecular complexity index is 967. The highest BCUT2D eigenvalue weighted by molar-refractivity contribution is 6.32. The van der Waals surface area contributed by atoms with E-state index in [0.717, 1.165) is 27.7 Å². The van der Waals surface area contributed by atoms with Crippen molar-refractivity contribution in [3.05, 3.63) is 84.0 Å². The van der Waals surface area contributed by atoms with Crippen molar-refractivity contribution in [2.45, 2.75) is 0 Å². The second kappa shape index (κ2) is 5.82. The van der Waals surface area contributed by atoms with Crippen molar-refractivity contribution in [2.75, 3.05) is 0 Å². The Hall–Kier alpha value is -2.71. The van der Waals surface area contributed by atoms with Gasteiger partial charge < -0.3 is 0 Å². The molecule has 0 amide bonds. The van der Waals surface area contributed by atoms with E-state index in [1.165, 1.54) is 0 Å². The van der Waals surface area contributed by atoms with Crippen molar-refractivity contribution in [3.8, 4) is 22.4 Å². The molecular formula is C20H13ClN2. The number of nitrogens with zero attached hydrogens (tertiary/aromatic N) is 2. The van der Waals surface area contributed by atoms with Crippen LogP contribution in [0.1, 0.15) is 0 Å². The first-order chi connectivity index (χ1) is 11.3. The molecule has 0 aliphatic heterocycles. The molecule has 1 aromatic heterocycles. The van der Waals surface area contributed by atoms with Gasteiger partial charge in [0.25, 0.3) is 0 Å². The van der Waals surface area contributed by atoms with E-state index in [9.17, 15) is 0 Å². The Balaban J connectivity index is 1.89. The highest BCUT2D eigenvalue weighted by Gasteiger charge is 2.10. The first kappa shape index (κ1) is 13.9. The van der Waals surface area contributed by atoms with Crippen LogP contribution in [0.25, 0.3) is 33.4 Å². The fraction of sp³-hybridized carbons (Fsp3) is 0. The molecule has 0 saturated heterocycles. The third-order valence-electron chi connectivity index (χ3n) is 3.78. The van der Waals surface area contributed by atoms with E-state index >= 15 is 0 Å². The first-order valence-electron chi connectivity index (χ1n) is 7.39. The molecular weight excluding hydrogens is 304 g/mol. The Morgan fingerprint density at radius 3 is 1.91 bits per heavy atom. The van der Waals surface area contributed by atoms with Gasteiger partial charge in [-0.25, -0.2) is 9.97 Å². The SMILES string of the molecule is Clc1nc2ccc(-c3ccccc3)cc2nc1-c1ccccc1. The summed E-state index contributed by atoms with van der Waals surface area (Å²) in [5, 5.41) is 0.427. The summed E-state index contributed by atoms with van der Waals surface area (Å²) in [6.07, 6.45) is 0. The van der Waals surface area contributed by atoms with Gasteiger partial charge in [-0.05, 0) is 23.3 Å². The summed E-state index contributed by atoms with van der Waals surface area (Å²) in [7, 11) is 0. The van der Waals surface area contributed by atoms with Crippen molar-refractivity contribution in [1.29, 1.82) is 0 Å². The molecule has 0 aliphatic rings. The van der Waals surface area contributed by atoms with Gasteiger partial charge >= 0.3 is 0 Å². The zero-order valence-electron chi connectivity index (χ0n) is 12.3. The van der Waals surface area contributed by atoms with Crippen LogP contribution in [-0.2, 0) is 0 Å². The predicted octanol–water partition coefficient (Wildman–Crippen LogP) is 5.62. The topological polar surface area (TPSA) is 25.8 Å². The lowest BCUT2D eigenvalue weighted by Crippen LogP contribution is -1.92. The van der Waals surface area contributed by atoms with Crippen LogP contribution in [0.4, 0.5) is 0 Å². The normalized spacial score (nSPS) is 10.8. The molecule has 1 heterocycles. The number of rotatable bonds is 2. The molecule has 110 valence electrons. The summed E-state index contributed by atoms with van der Waals surface area (Å²) < 4.78 is 0. The number of halogens is 1. The van der Waals surface area contributed by atoms with Crippen molar-refractivity contribution in [1.82, 2.24) is 9.97 Å². The van der Waals surface area contributed by atoms with Crippen LogP contribution in [0.2, 0.25) is 5.15 Å². The minimum absolute atomic E-state index is 0.427. The Labute approximate surface area is 139 Å². The molecule has 4 aromatic rings. The highest BCUT2D eigenvalue weighted by Crippen LogP contribution is 2.29. The number of fused-ring (bicyclic) bond motifs is 1. The van der Waals surface area contributed by atoms with Crippen LogP contribution in [-0.4, -0.2) is 9.97 Å². The van der Waals surface area contributed by atoms with Crippen LogP contribution in [0.5, 0.6) is 0 Å². The standard InChI is InChI=1S/C20H13ClN2/c21-20-19(15-9-5-2-6-10-15)22-18-13-16(11-12-17(18)23-20)14-7-3-1-4-8-14/h1-13H. The molecule has 0 saturated carbocycles. The van der Waals surface area contributed by atoms with E-state index in [4.69, 9.17) is 16.6 Å². The van der Waals surface area contributed by atoms with Crippen LogP contribution >= 0.6 is 11.6 Å². The number of aromatic nitrogens is 2. The lowest BCUT2D eigenvalue weighted by atomic mass is 10.0. The average Bonchev–Trinajstić information content (AvgIpc) is 2.62. The largest absolute Gasteiger partial charge is 0.243 e. The summed E-state index contributed by atoms with van der Waals surface area (Å²) >= 11 is 6.32. The maximum Gasteiger partial charge on any atom is 0.156 e. The lowest BCUT2D eigenvalue weighted by Gasteiger charge is -2.07. The van der Waals surface area contributed by atoms with Crippen molar-refractivity contribution in [3.63, 3.8) is 0 Å². The molecule has 2 nitrogen and oxygen atoms in total. The summed E-state index contributed by atoms with van der Waals surface area (Å²) in [5.41, 5.74) is 5.60. The van der Waals surface area contributed by atoms with Gasteiger partial charge in [0.2, 0.25) is 0 Å². The maximum atomic E-state index is 6.32.